The summed E-state index contributed by atoms with van der Waals surface area (Å²) in [7, 11) is 1.53. The van der Waals surface area contributed by atoms with E-state index in [9.17, 15) is 4.79 Å². The van der Waals surface area contributed by atoms with Gasteiger partial charge in [0.25, 0.3) is 0 Å². The third-order valence-corrected chi connectivity index (χ3v) is 2.48. The van der Waals surface area contributed by atoms with Gasteiger partial charge in [0, 0.05) is 16.1 Å². The van der Waals surface area contributed by atoms with Crippen molar-refractivity contribution in [2.24, 2.45) is 5.73 Å². The number of carboxylic acids is 1. The van der Waals surface area contributed by atoms with Crippen LogP contribution in [0, 0.1) is 0 Å². The van der Waals surface area contributed by atoms with Gasteiger partial charge in [-0.2, -0.15) is 0 Å². The Morgan fingerprint density at radius 3 is 2.87 bits per heavy atom. The minimum absolute atomic E-state index is 0.118. The Balaban J connectivity index is 2.99. The molecule has 82 valence electrons. The molecule has 0 bridgehead atoms. The lowest BCUT2D eigenvalue weighted by atomic mass is 10.0. The first-order valence-corrected chi connectivity index (χ1v) is 5.14. The second-order valence-corrected chi connectivity index (χ2v) is 4.01. The van der Waals surface area contributed by atoms with E-state index in [1.807, 2.05) is 6.07 Å². The Hall–Kier alpha value is -1.07. The first kappa shape index (κ1) is 12.0. The summed E-state index contributed by atoms with van der Waals surface area (Å²) in [6.07, 6.45) is -0.118. The van der Waals surface area contributed by atoms with Crippen LogP contribution in [0.3, 0.4) is 0 Å². The van der Waals surface area contributed by atoms with E-state index in [0.29, 0.717) is 11.3 Å². The molecular weight excluding hydrogens is 262 g/mol. The number of methoxy groups -OCH3 is 1. The van der Waals surface area contributed by atoms with Gasteiger partial charge in [0.2, 0.25) is 0 Å². The van der Waals surface area contributed by atoms with Crippen molar-refractivity contribution in [3.63, 3.8) is 0 Å². The van der Waals surface area contributed by atoms with Gasteiger partial charge < -0.3 is 15.6 Å². The molecule has 0 saturated carbocycles. The number of carbonyl (C=O) groups is 1. The van der Waals surface area contributed by atoms with Gasteiger partial charge in [-0.15, -0.1) is 0 Å². The number of hydrogen-bond acceptors (Lipinski definition) is 3. The van der Waals surface area contributed by atoms with Crippen LogP contribution in [0.2, 0.25) is 0 Å². The molecule has 3 N–H and O–H groups in total. The largest absolute Gasteiger partial charge is 0.496 e. The molecule has 0 fully saturated rings. The van der Waals surface area contributed by atoms with Crippen molar-refractivity contribution < 1.29 is 14.6 Å². The zero-order valence-electron chi connectivity index (χ0n) is 8.24. The van der Waals surface area contributed by atoms with Gasteiger partial charge in [-0.3, -0.25) is 4.79 Å². The number of rotatable bonds is 4. The van der Waals surface area contributed by atoms with Gasteiger partial charge in [0.1, 0.15) is 5.75 Å². The van der Waals surface area contributed by atoms with Crippen molar-refractivity contribution in [1.29, 1.82) is 0 Å². The highest BCUT2D eigenvalue weighted by Gasteiger charge is 2.15. The normalized spacial score (nSPS) is 12.2. The maximum Gasteiger partial charge on any atom is 0.305 e. The summed E-state index contributed by atoms with van der Waals surface area (Å²) in [6, 6.07) is 4.78. The van der Waals surface area contributed by atoms with Gasteiger partial charge in [-0.25, -0.2) is 0 Å². The number of benzene rings is 1. The van der Waals surface area contributed by atoms with Crippen LogP contribution >= 0.6 is 15.9 Å². The topological polar surface area (TPSA) is 72.5 Å². The Labute approximate surface area is 96.2 Å². The number of ether oxygens (including phenoxy) is 1. The van der Waals surface area contributed by atoms with Gasteiger partial charge in [-0.1, -0.05) is 15.9 Å². The molecule has 0 aliphatic heterocycles. The van der Waals surface area contributed by atoms with E-state index in [0.717, 1.165) is 4.47 Å². The first-order chi connectivity index (χ1) is 7.04. The number of hydrogen-bond donors (Lipinski definition) is 2. The molecule has 5 heteroatoms. The quantitative estimate of drug-likeness (QED) is 0.880. The molecule has 1 atom stereocenters. The predicted molar refractivity (Wildman–Crippen MR) is 59.9 cm³/mol. The summed E-state index contributed by atoms with van der Waals surface area (Å²) in [5.41, 5.74) is 6.45. The predicted octanol–water partition coefficient (Wildman–Crippen LogP) is 1.93. The van der Waals surface area contributed by atoms with Crippen LogP contribution in [-0.4, -0.2) is 18.2 Å². The molecule has 0 aliphatic rings. The van der Waals surface area contributed by atoms with E-state index in [2.05, 4.69) is 15.9 Å². The third kappa shape index (κ3) is 3.21. The van der Waals surface area contributed by atoms with Crippen molar-refractivity contribution in [3.8, 4) is 5.75 Å². The van der Waals surface area contributed by atoms with Crippen LogP contribution in [-0.2, 0) is 4.79 Å². The number of carboxylic acid groups (broad SMARTS) is 1. The average molecular weight is 274 g/mol. The van der Waals surface area contributed by atoms with E-state index in [1.165, 1.54) is 7.11 Å². The molecule has 1 rings (SSSR count). The van der Waals surface area contributed by atoms with Crippen molar-refractivity contribution in [1.82, 2.24) is 0 Å². The van der Waals surface area contributed by atoms with Crippen molar-refractivity contribution in [3.05, 3.63) is 28.2 Å². The Morgan fingerprint density at radius 1 is 1.67 bits per heavy atom. The summed E-state index contributed by atoms with van der Waals surface area (Å²) in [5.74, 6) is -0.323. The smallest absolute Gasteiger partial charge is 0.305 e. The Kier molecular flexibility index (Phi) is 4.11. The van der Waals surface area contributed by atoms with Gasteiger partial charge in [0.15, 0.2) is 0 Å². The Bertz CT molecular complexity index is 368. The van der Waals surface area contributed by atoms with Crippen molar-refractivity contribution >= 4 is 21.9 Å². The molecule has 0 amide bonds. The van der Waals surface area contributed by atoms with Crippen molar-refractivity contribution in [2.45, 2.75) is 12.5 Å². The lowest BCUT2D eigenvalue weighted by molar-refractivity contribution is -0.137. The van der Waals surface area contributed by atoms with Gasteiger partial charge in [-0.05, 0) is 18.2 Å². The molecular formula is C10H12BrNO3. The summed E-state index contributed by atoms with van der Waals surface area (Å²) >= 11 is 3.30. The van der Waals surface area contributed by atoms with E-state index < -0.39 is 12.0 Å². The van der Waals surface area contributed by atoms with Crippen LogP contribution in [0.25, 0.3) is 0 Å². The van der Waals surface area contributed by atoms with Crippen LogP contribution < -0.4 is 10.5 Å². The molecule has 0 heterocycles. The maximum absolute atomic E-state index is 10.5. The molecule has 4 nitrogen and oxygen atoms in total. The van der Waals surface area contributed by atoms with Crippen molar-refractivity contribution in [2.75, 3.05) is 7.11 Å². The van der Waals surface area contributed by atoms with Gasteiger partial charge in [0.05, 0.1) is 13.5 Å². The summed E-state index contributed by atoms with van der Waals surface area (Å²) in [6.45, 7) is 0. The minimum Gasteiger partial charge on any atom is -0.496 e. The minimum atomic E-state index is -0.926. The SMILES string of the molecule is COc1ccc(Br)cc1[C@@H](N)CC(=O)O. The zero-order chi connectivity index (χ0) is 11.4. The lowest BCUT2D eigenvalue weighted by Gasteiger charge is -2.14. The van der Waals surface area contributed by atoms with Gasteiger partial charge >= 0.3 is 5.97 Å². The third-order valence-electron chi connectivity index (χ3n) is 1.99. The molecule has 0 aliphatic carbocycles. The van der Waals surface area contributed by atoms with E-state index in [4.69, 9.17) is 15.6 Å². The summed E-state index contributed by atoms with van der Waals surface area (Å²) < 4.78 is 5.96. The molecule has 0 saturated heterocycles. The number of nitrogens with two attached hydrogens (primary N) is 1. The molecule has 0 spiro atoms. The fourth-order valence-corrected chi connectivity index (χ4v) is 1.67. The molecule has 0 radical (unpaired) electrons. The second kappa shape index (κ2) is 5.14. The molecule has 0 unspecified atom stereocenters. The summed E-state index contributed by atoms with van der Waals surface area (Å²) in [4.78, 5) is 10.5. The van der Waals surface area contributed by atoms with Crippen LogP contribution in [0.1, 0.15) is 18.0 Å². The number of halogens is 1. The molecule has 0 aromatic heterocycles. The molecule has 1 aromatic rings. The fourth-order valence-electron chi connectivity index (χ4n) is 1.29. The highest BCUT2D eigenvalue weighted by atomic mass is 79.9. The number of aliphatic carboxylic acids is 1. The van der Waals surface area contributed by atoms with Crippen LogP contribution in [0.5, 0.6) is 5.75 Å². The zero-order valence-corrected chi connectivity index (χ0v) is 9.82. The second-order valence-electron chi connectivity index (χ2n) is 3.09. The molecule has 15 heavy (non-hydrogen) atoms. The summed E-state index contributed by atoms with van der Waals surface area (Å²) in [5, 5.41) is 8.65. The standard InChI is InChI=1S/C10H12BrNO3/c1-15-9-3-2-6(11)4-7(9)8(12)5-10(13)14/h2-4,8H,5,12H2,1H3,(H,13,14)/t8-/m0/s1. The Morgan fingerprint density at radius 2 is 2.33 bits per heavy atom. The highest BCUT2D eigenvalue weighted by molar-refractivity contribution is 9.10. The fraction of sp³-hybridized carbons (Fsp3) is 0.300. The van der Waals surface area contributed by atoms with Crippen LogP contribution in [0.4, 0.5) is 0 Å². The first-order valence-electron chi connectivity index (χ1n) is 4.35. The highest BCUT2D eigenvalue weighted by Crippen LogP contribution is 2.28. The van der Waals surface area contributed by atoms with Crippen LogP contribution in [0.15, 0.2) is 22.7 Å². The van der Waals surface area contributed by atoms with E-state index >= 15 is 0 Å². The average Bonchev–Trinajstić information content (AvgIpc) is 2.16. The van der Waals surface area contributed by atoms with E-state index in [-0.39, 0.29) is 6.42 Å². The van der Waals surface area contributed by atoms with E-state index in [1.54, 1.807) is 12.1 Å². The maximum atomic E-state index is 10.5. The lowest BCUT2D eigenvalue weighted by Crippen LogP contribution is -2.15. The monoisotopic (exact) mass is 273 g/mol. The molecule has 1 aromatic carbocycles.